The lowest BCUT2D eigenvalue weighted by molar-refractivity contribution is 0.252. The molecule has 1 fully saturated rings. The average Bonchev–Trinajstić information content (AvgIpc) is 2.52. The lowest BCUT2D eigenvalue weighted by atomic mass is 10.1. The first-order valence-corrected chi connectivity index (χ1v) is 9.43. The van der Waals surface area contributed by atoms with Crippen molar-refractivity contribution in [3.8, 4) is 0 Å². The molecule has 1 atom stereocenters. The second-order valence-corrected chi connectivity index (χ2v) is 7.99. The van der Waals surface area contributed by atoms with Crippen molar-refractivity contribution in [3.05, 3.63) is 34.9 Å². The van der Waals surface area contributed by atoms with E-state index in [0.29, 0.717) is 31.2 Å². The van der Waals surface area contributed by atoms with Gasteiger partial charge in [0.15, 0.2) is 0 Å². The third-order valence-electron chi connectivity index (χ3n) is 3.94. The fourth-order valence-electron chi connectivity index (χ4n) is 2.63. The van der Waals surface area contributed by atoms with Gasteiger partial charge in [-0.25, -0.2) is 0 Å². The van der Waals surface area contributed by atoms with Crippen LogP contribution < -0.4 is 5.32 Å². The van der Waals surface area contributed by atoms with Crippen molar-refractivity contribution < 1.29 is 8.42 Å². The zero-order chi connectivity index (χ0) is 16.2. The highest BCUT2D eigenvalue weighted by Crippen LogP contribution is 2.28. The van der Waals surface area contributed by atoms with Gasteiger partial charge in [-0.2, -0.15) is 17.0 Å². The molecule has 2 rings (SSSR count). The molecular formula is C15H24ClN3O2S. The molecule has 1 aliphatic rings. The van der Waals surface area contributed by atoms with Crippen LogP contribution in [0.25, 0.3) is 0 Å². The first-order valence-electron chi connectivity index (χ1n) is 7.66. The standard InChI is InChI=1S/C15H24ClN3O2S/c1-3-4-9-18(2)22(20,21)19-10-8-17-12-15(19)13-6-5-7-14(16)11-13/h5-7,11,15,17H,3-4,8-10,12H2,1-2H3. The quantitative estimate of drug-likeness (QED) is 0.860. The number of halogens is 1. The fourth-order valence-corrected chi connectivity index (χ4v) is 4.39. The van der Waals surface area contributed by atoms with Gasteiger partial charge in [0.2, 0.25) is 0 Å². The van der Waals surface area contributed by atoms with E-state index in [4.69, 9.17) is 11.6 Å². The molecule has 0 aromatic heterocycles. The fraction of sp³-hybridized carbons (Fsp3) is 0.600. The van der Waals surface area contributed by atoms with Crippen LogP contribution in [-0.2, 0) is 10.2 Å². The maximum absolute atomic E-state index is 12.9. The van der Waals surface area contributed by atoms with E-state index in [-0.39, 0.29) is 6.04 Å². The van der Waals surface area contributed by atoms with Crippen molar-refractivity contribution in [3.63, 3.8) is 0 Å². The van der Waals surface area contributed by atoms with Crippen LogP contribution in [0.5, 0.6) is 0 Å². The monoisotopic (exact) mass is 345 g/mol. The summed E-state index contributed by atoms with van der Waals surface area (Å²) in [7, 11) is -1.81. The second kappa shape index (κ2) is 7.75. The Labute approximate surface area is 138 Å². The zero-order valence-electron chi connectivity index (χ0n) is 13.1. The van der Waals surface area contributed by atoms with E-state index in [1.807, 2.05) is 18.2 Å². The Morgan fingerprint density at radius 2 is 2.23 bits per heavy atom. The van der Waals surface area contributed by atoms with Crippen molar-refractivity contribution in [1.82, 2.24) is 13.9 Å². The van der Waals surface area contributed by atoms with Crippen LogP contribution in [0.2, 0.25) is 5.02 Å². The summed E-state index contributed by atoms with van der Waals surface area (Å²) < 4.78 is 28.7. The van der Waals surface area contributed by atoms with E-state index < -0.39 is 10.2 Å². The van der Waals surface area contributed by atoms with E-state index in [1.165, 1.54) is 4.31 Å². The predicted molar refractivity (Wildman–Crippen MR) is 90.2 cm³/mol. The molecule has 1 aromatic rings. The summed E-state index contributed by atoms with van der Waals surface area (Å²) >= 11 is 6.06. The van der Waals surface area contributed by atoms with E-state index >= 15 is 0 Å². The number of unbranched alkanes of at least 4 members (excludes halogenated alkanes) is 1. The van der Waals surface area contributed by atoms with Gasteiger partial charge in [0.05, 0.1) is 6.04 Å². The van der Waals surface area contributed by atoms with Crippen molar-refractivity contribution in [2.45, 2.75) is 25.8 Å². The Bertz CT molecular complexity index is 594. The first-order chi connectivity index (χ1) is 10.5. The Morgan fingerprint density at radius 1 is 1.45 bits per heavy atom. The van der Waals surface area contributed by atoms with Crippen molar-refractivity contribution in [2.24, 2.45) is 0 Å². The molecular weight excluding hydrogens is 322 g/mol. The highest BCUT2D eigenvalue weighted by molar-refractivity contribution is 7.86. The molecule has 7 heteroatoms. The van der Waals surface area contributed by atoms with Crippen LogP contribution in [-0.4, -0.2) is 50.3 Å². The molecule has 1 aromatic carbocycles. The minimum atomic E-state index is -3.46. The number of nitrogens with one attached hydrogen (secondary N) is 1. The van der Waals surface area contributed by atoms with Gasteiger partial charge in [0, 0.05) is 38.2 Å². The van der Waals surface area contributed by atoms with Crippen molar-refractivity contribution in [2.75, 3.05) is 33.2 Å². The summed E-state index contributed by atoms with van der Waals surface area (Å²) in [5.74, 6) is 0. The summed E-state index contributed by atoms with van der Waals surface area (Å²) in [6.07, 6.45) is 1.84. The Balaban J connectivity index is 2.26. The molecule has 124 valence electrons. The number of rotatable bonds is 6. The van der Waals surface area contributed by atoms with Gasteiger partial charge in [-0.1, -0.05) is 37.1 Å². The number of hydrogen-bond acceptors (Lipinski definition) is 3. The molecule has 1 unspecified atom stereocenters. The summed E-state index contributed by atoms with van der Waals surface area (Å²) in [6.45, 7) is 4.33. The van der Waals surface area contributed by atoms with Gasteiger partial charge < -0.3 is 5.32 Å². The number of hydrogen-bond donors (Lipinski definition) is 1. The number of benzene rings is 1. The van der Waals surface area contributed by atoms with Crippen molar-refractivity contribution >= 4 is 21.8 Å². The maximum Gasteiger partial charge on any atom is 0.282 e. The topological polar surface area (TPSA) is 52.7 Å². The molecule has 0 bridgehead atoms. The summed E-state index contributed by atoms with van der Waals surface area (Å²) in [5, 5.41) is 3.89. The van der Waals surface area contributed by atoms with Crippen LogP contribution in [0, 0.1) is 0 Å². The minimum Gasteiger partial charge on any atom is -0.313 e. The number of piperazine rings is 1. The van der Waals surface area contributed by atoms with Gasteiger partial charge in [0.1, 0.15) is 0 Å². The normalized spacial score (nSPS) is 20.5. The van der Waals surface area contributed by atoms with Gasteiger partial charge in [0.25, 0.3) is 10.2 Å². The highest BCUT2D eigenvalue weighted by atomic mass is 35.5. The Morgan fingerprint density at radius 3 is 2.91 bits per heavy atom. The summed E-state index contributed by atoms with van der Waals surface area (Å²) in [5.41, 5.74) is 0.923. The summed E-state index contributed by atoms with van der Waals surface area (Å²) in [6, 6.07) is 7.21. The first kappa shape index (κ1) is 17.7. The molecule has 0 aliphatic carbocycles. The highest BCUT2D eigenvalue weighted by Gasteiger charge is 2.35. The van der Waals surface area contributed by atoms with Crippen LogP contribution in [0.4, 0.5) is 0 Å². The average molecular weight is 346 g/mol. The van der Waals surface area contributed by atoms with E-state index in [2.05, 4.69) is 12.2 Å². The molecule has 1 heterocycles. The van der Waals surface area contributed by atoms with Crippen LogP contribution in [0.15, 0.2) is 24.3 Å². The minimum absolute atomic E-state index is 0.221. The maximum atomic E-state index is 12.9. The second-order valence-electron chi connectivity index (χ2n) is 5.57. The lowest BCUT2D eigenvalue weighted by Crippen LogP contribution is -2.52. The van der Waals surface area contributed by atoms with Gasteiger partial charge in [-0.05, 0) is 24.1 Å². The predicted octanol–water partition coefficient (Wildman–Crippen LogP) is 2.26. The Hall–Kier alpha value is -0.660. The van der Waals surface area contributed by atoms with Crippen LogP contribution in [0.3, 0.4) is 0 Å². The van der Waals surface area contributed by atoms with E-state index in [0.717, 1.165) is 18.4 Å². The molecule has 5 nitrogen and oxygen atoms in total. The molecule has 1 saturated heterocycles. The molecule has 0 amide bonds. The van der Waals surface area contributed by atoms with Crippen LogP contribution >= 0.6 is 11.6 Å². The Kier molecular flexibility index (Phi) is 6.23. The lowest BCUT2D eigenvalue weighted by Gasteiger charge is -2.37. The summed E-state index contributed by atoms with van der Waals surface area (Å²) in [4.78, 5) is 0. The SMILES string of the molecule is CCCCN(C)S(=O)(=O)N1CCNCC1c1cccc(Cl)c1. The molecule has 1 aliphatic heterocycles. The third-order valence-corrected chi connectivity index (χ3v) is 6.18. The van der Waals surface area contributed by atoms with Gasteiger partial charge >= 0.3 is 0 Å². The molecule has 0 spiro atoms. The molecule has 1 N–H and O–H groups in total. The van der Waals surface area contributed by atoms with Gasteiger partial charge in [-0.15, -0.1) is 0 Å². The molecule has 0 saturated carbocycles. The molecule has 22 heavy (non-hydrogen) atoms. The van der Waals surface area contributed by atoms with Crippen LogP contribution in [0.1, 0.15) is 31.4 Å². The van der Waals surface area contributed by atoms with E-state index in [9.17, 15) is 8.42 Å². The zero-order valence-corrected chi connectivity index (χ0v) is 14.7. The van der Waals surface area contributed by atoms with Crippen molar-refractivity contribution in [1.29, 1.82) is 0 Å². The molecule has 0 radical (unpaired) electrons. The smallest absolute Gasteiger partial charge is 0.282 e. The third kappa shape index (κ3) is 4.00. The number of nitrogens with zero attached hydrogens (tertiary/aromatic N) is 2. The largest absolute Gasteiger partial charge is 0.313 e. The van der Waals surface area contributed by atoms with E-state index in [1.54, 1.807) is 17.4 Å². The van der Waals surface area contributed by atoms with Gasteiger partial charge in [-0.3, -0.25) is 0 Å².